The Hall–Kier alpha value is -3.16. The largest absolute Gasteiger partial charge is 0.491 e. The molecule has 26 heavy (non-hydrogen) atoms. The standard InChI is InChI=1S/C18H20N6O2/c1-12-2-3-14-13(8-12)9-23(6-7-26-14)15(25)4-5-24-11-22-16-17(19)20-10-21-18(16)24/h2-3,8,10-11H,4-7,9H2,1H3,(H2,19,20,21). The van der Waals surface area contributed by atoms with Gasteiger partial charge in [-0.2, -0.15) is 0 Å². The molecule has 8 heteroatoms. The fraction of sp³-hybridized carbons (Fsp3) is 0.333. The minimum absolute atomic E-state index is 0.0758. The fourth-order valence-electron chi connectivity index (χ4n) is 3.17. The quantitative estimate of drug-likeness (QED) is 0.767. The van der Waals surface area contributed by atoms with Crippen LogP contribution in [0.15, 0.2) is 30.9 Å². The molecule has 1 aliphatic rings. The molecule has 0 unspecified atom stereocenters. The first-order valence-corrected chi connectivity index (χ1v) is 8.53. The van der Waals surface area contributed by atoms with Crippen LogP contribution in [0.1, 0.15) is 17.5 Å². The number of benzene rings is 1. The molecule has 3 aromatic rings. The summed E-state index contributed by atoms with van der Waals surface area (Å²) >= 11 is 0. The van der Waals surface area contributed by atoms with Gasteiger partial charge in [-0.1, -0.05) is 17.7 Å². The zero-order valence-corrected chi connectivity index (χ0v) is 14.6. The minimum Gasteiger partial charge on any atom is -0.491 e. The second kappa shape index (κ2) is 6.62. The first-order valence-electron chi connectivity index (χ1n) is 8.53. The van der Waals surface area contributed by atoms with Crippen molar-refractivity contribution in [2.75, 3.05) is 18.9 Å². The summed E-state index contributed by atoms with van der Waals surface area (Å²) in [5, 5.41) is 0. The van der Waals surface area contributed by atoms with Crippen molar-refractivity contribution in [3.63, 3.8) is 0 Å². The van der Waals surface area contributed by atoms with E-state index in [-0.39, 0.29) is 5.91 Å². The maximum Gasteiger partial charge on any atom is 0.224 e. The summed E-state index contributed by atoms with van der Waals surface area (Å²) in [7, 11) is 0. The van der Waals surface area contributed by atoms with Gasteiger partial charge in [-0.05, 0) is 13.0 Å². The van der Waals surface area contributed by atoms with Crippen LogP contribution >= 0.6 is 0 Å². The molecule has 0 saturated heterocycles. The lowest BCUT2D eigenvalue weighted by molar-refractivity contribution is -0.132. The highest BCUT2D eigenvalue weighted by Gasteiger charge is 2.20. The molecule has 2 aromatic heterocycles. The van der Waals surface area contributed by atoms with Crippen LogP contribution in [0.5, 0.6) is 5.75 Å². The number of carbonyl (C=O) groups is 1. The molecule has 0 saturated carbocycles. The molecule has 0 radical (unpaired) electrons. The van der Waals surface area contributed by atoms with Crippen LogP contribution in [0.2, 0.25) is 0 Å². The number of imidazole rings is 1. The molecule has 134 valence electrons. The number of hydrogen-bond donors (Lipinski definition) is 1. The van der Waals surface area contributed by atoms with Gasteiger partial charge in [0, 0.05) is 25.1 Å². The summed E-state index contributed by atoms with van der Waals surface area (Å²) in [5.41, 5.74) is 9.21. The van der Waals surface area contributed by atoms with Crippen molar-refractivity contribution in [2.45, 2.75) is 26.4 Å². The van der Waals surface area contributed by atoms with Gasteiger partial charge in [0.05, 0.1) is 12.9 Å². The Labute approximate surface area is 150 Å². The first kappa shape index (κ1) is 16.3. The van der Waals surface area contributed by atoms with Crippen molar-refractivity contribution >= 4 is 22.9 Å². The van der Waals surface area contributed by atoms with E-state index in [1.54, 1.807) is 6.33 Å². The summed E-state index contributed by atoms with van der Waals surface area (Å²) in [5.74, 6) is 1.28. The van der Waals surface area contributed by atoms with E-state index in [1.807, 2.05) is 28.5 Å². The summed E-state index contributed by atoms with van der Waals surface area (Å²) in [6, 6.07) is 6.07. The van der Waals surface area contributed by atoms with E-state index in [2.05, 4.69) is 21.0 Å². The molecule has 0 atom stereocenters. The van der Waals surface area contributed by atoms with Gasteiger partial charge in [0.2, 0.25) is 5.91 Å². The van der Waals surface area contributed by atoms with E-state index in [4.69, 9.17) is 10.5 Å². The third kappa shape index (κ3) is 3.05. The highest BCUT2D eigenvalue weighted by molar-refractivity contribution is 5.81. The molecule has 0 fully saturated rings. The van der Waals surface area contributed by atoms with Crippen LogP contribution in [-0.4, -0.2) is 43.5 Å². The van der Waals surface area contributed by atoms with Crippen molar-refractivity contribution in [1.29, 1.82) is 0 Å². The number of fused-ring (bicyclic) bond motifs is 2. The van der Waals surface area contributed by atoms with Gasteiger partial charge in [-0.3, -0.25) is 4.79 Å². The number of nitrogens with two attached hydrogens (primary N) is 1. The molecule has 8 nitrogen and oxygen atoms in total. The van der Waals surface area contributed by atoms with E-state index in [0.717, 1.165) is 16.9 Å². The van der Waals surface area contributed by atoms with Gasteiger partial charge in [0.25, 0.3) is 0 Å². The molecule has 0 bridgehead atoms. The van der Waals surface area contributed by atoms with Gasteiger partial charge in [-0.15, -0.1) is 0 Å². The number of aryl methyl sites for hydroxylation is 2. The van der Waals surface area contributed by atoms with Crippen LogP contribution in [0, 0.1) is 6.92 Å². The molecule has 2 N–H and O–H groups in total. The highest BCUT2D eigenvalue weighted by Crippen LogP contribution is 2.24. The summed E-state index contributed by atoms with van der Waals surface area (Å²) in [4.78, 5) is 26.9. The van der Waals surface area contributed by atoms with Gasteiger partial charge >= 0.3 is 0 Å². The molecule has 0 aliphatic carbocycles. The van der Waals surface area contributed by atoms with E-state index in [0.29, 0.717) is 49.6 Å². The number of hydrogen-bond acceptors (Lipinski definition) is 6. The van der Waals surface area contributed by atoms with Crippen molar-refractivity contribution < 1.29 is 9.53 Å². The number of carbonyl (C=O) groups excluding carboxylic acids is 1. The Kier molecular flexibility index (Phi) is 4.16. The second-order valence-corrected chi connectivity index (χ2v) is 6.39. The number of ether oxygens (including phenoxy) is 1. The van der Waals surface area contributed by atoms with Crippen LogP contribution in [0.25, 0.3) is 11.2 Å². The summed E-state index contributed by atoms with van der Waals surface area (Å²) < 4.78 is 7.60. The molecule has 0 spiro atoms. The van der Waals surface area contributed by atoms with Crippen molar-refractivity contribution in [3.05, 3.63) is 42.0 Å². The smallest absolute Gasteiger partial charge is 0.224 e. The number of anilines is 1. The molecule has 1 aromatic carbocycles. The molecule has 4 rings (SSSR count). The Morgan fingerprint density at radius 1 is 1.31 bits per heavy atom. The Balaban J connectivity index is 1.47. The van der Waals surface area contributed by atoms with Gasteiger partial charge in [0.1, 0.15) is 24.2 Å². The second-order valence-electron chi connectivity index (χ2n) is 6.39. The van der Waals surface area contributed by atoms with Crippen molar-refractivity contribution in [1.82, 2.24) is 24.4 Å². The molecular formula is C18H20N6O2. The van der Waals surface area contributed by atoms with Crippen molar-refractivity contribution in [3.8, 4) is 5.75 Å². The maximum atomic E-state index is 12.7. The van der Waals surface area contributed by atoms with E-state index < -0.39 is 0 Å². The Morgan fingerprint density at radius 3 is 3.08 bits per heavy atom. The SMILES string of the molecule is Cc1ccc2c(c1)CN(C(=O)CCn1cnc3c(N)ncnc31)CCO2. The predicted octanol–water partition coefficient (Wildman–Crippen LogP) is 1.53. The summed E-state index contributed by atoms with van der Waals surface area (Å²) in [6.07, 6.45) is 3.41. The van der Waals surface area contributed by atoms with E-state index in [1.165, 1.54) is 6.33 Å². The zero-order chi connectivity index (χ0) is 18.1. The van der Waals surface area contributed by atoms with E-state index >= 15 is 0 Å². The molecule has 3 heterocycles. The number of nitrogen functional groups attached to an aromatic ring is 1. The monoisotopic (exact) mass is 352 g/mol. The lowest BCUT2D eigenvalue weighted by atomic mass is 10.1. The van der Waals surface area contributed by atoms with Crippen LogP contribution in [0.4, 0.5) is 5.82 Å². The Morgan fingerprint density at radius 2 is 2.19 bits per heavy atom. The fourth-order valence-corrected chi connectivity index (χ4v) is 3.17. The van der Waals surface area contributed by atoms with Crippen molar-refractivity contribution in [2.24, 2.45) is 0 Å². The highest BCUT2D eigenvalue weighted by atomic mass is 16.5. The number of aromatic nitrogens is 4. The van der Waals surface area contributed by atoms with Gasteiger partial charge < -0.3 is 19.9 Å². The zero-order valence-electron chi connectivity index (χ0n) is 14.6. The average Bonchev–Trinajstić information content (AvgIpc) is 2.93. The van der Waals surface area contributed by atoms with Gasteiger partial charge in [0.15, 0.2) is 11.5 Å². The average molecular weight is 352 g/mol. The van der Waals surface area contributed by atoms with Crippen LogP contribution < -0.4 is 10.5 Å². The number of amides is 1. The lowest BCUT2D eigenvalue weighted by Gasteiger charge is -2.20. The molecular weight excluding hydrogens is 332 g/mol. The van der Waals surface area contributed by atoms with Crippen LogP contribution in [-0.2, 0) is 17.9 Å². The third-order valence-electron chi connectivity index (χ3n) is 4.54. The topological polar surface area (TPSA) is 99.2 Å². The number of rotatable bonds is 3. The molecule has 1 aliphatic heterocycles. The Bertz CT molecular complexity index is 967. The van der Waals surface area contributed by atoms with Crippen LogP contribution in [0.3, 0.4) is 0 Å². The summed E-state index contributed by atoms with van der Waals surface area (Å²) in [6.45, 7) is 4.17. The van der Waals surface area contributed by atoms with E-state index in [9.17, 15) is 4.79 Å². The normalized spacial score (nSPS) is 14.0. The predicted molar refractivity (Wildman–Crippen MR) is 96.4 cm³/mol. The third-order valence-corrected chi connectivity index (χ3v) is 4.54. The van der Waals surface area contributed by atoms with Gasteiger partial charge in [-0.25, -0.2) is 15.0 Å². The lowest BCUT2D eigenvalue weighted by Crippen LogP contribution is -2.33. The number of nitrogens with zero attached hydrogens (tertiary/aromatic N) is 5. The molecule has 1 amide bonds. The maximum absolute atomic E-state index is 12.7. The minimum atomic E-state index is 0.0758. The first-order chi connectivity index (χ1) is 12.6.